The normalized spacial score (nSPS) is 32.3. The highest BCUT2D eigenvalue weighted by Crippen LogP contribution is 2.32. The second-order valence-corrected chi connectivity index (χ2v) is 5.09. The van der Waals surface area contributed by atoms with Crippen molar-refractivity contribution in [1.29, 1.82) is 0 Å². The number of hydrogen-bond acceptors (Lipinski definition) is 6. The Hall–Kier alpha value is -1.77. The van der Waals surface area contributed by atoms with Crippen LogP contribution in [0.15, 0.2) is 30.3 Å². The number of carboxylic acid groups (broad SMARTS) is 1. The van der Waals surface area contributed by atoms with Crippen LogP contribution < -0.4 is 0 Å². The van der Waals surface area contributed by atoms with Gasteiger partial charge in [-0.2, -0.15) is 0 Å². The van der Waals surface area contributed by atoms with Crippen molar-refractivity contribution in [2.45, 2.75) is 30.5 Å². The molecule has 0 radical (unpaired) electrons. The molecule has 1 unspecified atom stereocenters. The number of aliphatic hydroxyl groups excluding tert-OH is 4. The smallest absolute Gasteiger partial charge is 0.328 e. The Morgan fingerprint density at radius 2 is 1.73 bits per heavy atom. The van der Waals surface area contributed by atoms with Crippen LogP contribution in [-0.4, -0.2) is 62.5 Å². The predicted octanol–water partition coefficient (Wildman–Crippen LogP) is -0.701. The van der Waals surface area contributed by atoms with Gasteiger partial charge in [0.05, 0.1) is 6.61 Å². The molecule has 1 heterocycles. The van der Waals surface area contributed by atoms with Crippen molar-refractivity contribution in [3.05, 3.63) is 41.5 Å². The molecule has 0 aromatic heterocycles. The minimum Gasteiger partial charge on any atom is -0.478 e. The van der Waals surface area contributed by atoms with E-state index in [-0.39, 0.29) is 0 Å². The molecular weight excluding hydrogens is 292 g/mol. The highest BCUT2D eigenvalue weighted by Gasteiger charge is 2.43. The Morgan fingerprint density at radius 3 is 2.27 bits per heavy atom. The van der Waals surface area contributed by atoms with E-state index in [2.05, 4.69) is 0 Å². The maximum Gasteiger partial charge on any atom is 0.328 e. The van der Waals surface area contributed by atoms with Crippen LogP contribution >= 0.6 is 0 Å². The van der Waals surface area contributed by atoms with Gasteiger partial charge in [-0.25, -0.2) is 4.79 Å². The van der Waals surface area contributed by atoms with Crippen molar-refractivity contribution in [3.63, 3.8) is 0 Å². The van der Waals surface area contributed by atoms with Gasteiger partial charge in [-0.3, -0.25) is 0 Å². The number of ether oxygens (including phenoxy) is 1. The molecule has 0 amide bonds. The molecular formula is C15H18O7. The number of aliphatic carboxylic acids is 1. The lowest BCUT2D eigenvalue weighted by Gasteiger charge is -2.40. The summed E-state index contributed by atoms with van der Waals surface area (Å²) in [7, 11) is 0. The van der Waals surface area contributed by atoms with Gasteiger partial charge in [0.1, 0.15) is 30.5 Å². The minimum absolute atomic E-state index is 0.485. The first kappa shape index (κ1) is 16.6. The van der Waals surface area contributed by atoms with Crippen molar-refractivity contribution >= 4 is 12.0 Å². The Balaban J connectivity index is 2.18. The van der Waals surface area contributed by atoms with Crippen LogP contribution in [0, 0.1) is 0 Å². The number of carboxylic acids is 1. The fraction of sp³-hybridized carbons (Fsp3) is 0.400. The molecule has 1 fully saturated rings. The Morgan fingerprint density at radius 1 is 1.09 bits per heavy atom. The van der Waals surface area contributed by atoms with Gasteiger partial charge in [0, 0.05) is 6.08 Å². The van der Waals surface area contributed by atoms with Crippen molar-refractivity contribution < 1.29 is 35.1 Å². The van der Waals surface area contributed by atoms with E-state index in [4.69, 9.17) is 14.9 Å². The molecule has 22 heavy (non-hydrogen) atoms. The van der Waals surface area contributed by atoms with Crippen LogP contribution in [0.5, 0.6) is 0 Å². The molecule has 0 bridgehead atoms. The summed E-state index contributed by atoms with van der Waals surface area (Å²) in [5.74, 6) is -1.06. The lowest BCUT2D eigenvalue weighted by molar-refractivity contribution is -0.231. The summed E-state index contributed by atoms with van der Waals surface area (Å²) in [6, 6.07) is 6.51. The van der Waals surface area contributed by atoms with Gasteiger partial charge in [-0.1, -0.05) is 24.3 Å². The summed E-state index contributed by atoms with van der Waals surface area (Å²) in [4.78, 5) is 10.5. The zero-order valence-electron chi connectivity index (χ0n) is 11.6. The van der Waals surface area contributed by atoms with Crippen molar-refractivity contribution in [2.75, 3.05) is 6.61 Å². The van der Waals surface area contributed by atoms with E-state index < -0.39 is 43.1 Å². The molecule has 0 saturated carbocycles. The molecule has 7 nitrogen and oxygen atoms in total. The van der Waals surface area contributed by atoms with Crippen LogP contribution in [-0.2, 0) is 9.53 Å². The second kappa shape index (κ2) is 6.99. The van der Waals surface area contributed by atoms with E-state index in [1.165, 1.54) is 6.08 Å². The lowest BCUT2D eigenvalue weighted by Crippen LogP contribution is -2.55. The fourth-order valence-corrected chi connectivity index (χ4v) is 2.34. The summed E-state index contributed by atoms with van der Waals surface area (Å²) < 4.78 is 5.43. The summed E-state index contributed by atoms with van der Waals surface area (Å²) in [6.45, 7) is -0.485. The molecule has 7 heteroatoms. The van der Waals surface area contributed by atoms with Crippen molar-refractivity contribution in [1.82, 2.24) is 0 Å². The molecule has 120 valence electrons. The van der Waals surface area contributed by atoms with E-state index in [0.717, 1.165) is 6.08 Å². The topological polar surface area (TPSA) is 127 Å². The third kappa shape index (κ3) is 3.52. The maximum atomic E-state index is 10.5. The van der Waals surface area contributed by atoms with Crippen LogP contribution in [0.2, 0.25) is 0 Å². The number of hydrogen-bond donors (Lipinski definition) is 5. The quantitative estimate of drug-likeness (QED) is 0.465. The highest BCUT2D eigenvalue weighted by atomic mass is 16.5. The van der Waals surface area contributed by atoms with Gasteiger partial charge in [-0.15, -0.1) is 0 Å². The first-order valence-electron chi connectivity index (χ1n) is 6.75. The van der Waals surface area contributed by atoms with E-state index in [1.54, 1.807) is 24.3 Å². The number of benzene rings is 1. The minimum atomic E-state index is -1.43. The number of aliphatic hydroxyl groups is 4. The molecule has 1 aliphatic heterocycles. The van der Waals surface area contributed by atoms with Gasteiger partial charge < -0.3 is 30.3 Å². The summed E-state index contributed by atoms with van der Waals surface area (Å²) in [6.07, 6.45) is -3.60. The van der Waals surface area contributed by atoms with Gasteiger partial charge in [0.25, 0.3) is 0 Å². The largest absolute Gasteiger partial charge is 0.478 e. The molecule has 0 spiro atoms. The van der Waals surface area contributed by atoms with Crippen molar-refractivity contribution in [3.8, 4) is 0 Å². The third-order valence-electron chi connectivity index (χ3n) is 3.58. The first-order chi connectivity index (χ1) is 10.4. The van der Waals surface area contributed by atoms with E-state index in [1.807, 2.05) is 0 Å². The zero-order chi connectivity index (χ0) is 16.3. The fourth-order valence-electron chi connectivity index (χ4n) is 2.34. The average Bonchev–Trinajstić information content (AvgIpc) is 2.52. The monoisotopic (exact) mass is 310 g/mol. The number of carbonyl (C=O) groups is 1. The molecule has 1 aromatic carbocycles. The third-order valence-corrected chi connectivity index (χ3v) is 3.58. The van der Waals surface area contributed by atoms with Crippen LogP contribution in [0.1, 0.15) is 17.2 Å². The molecule has 2 rings (SSSR count). The van der Waals surface area contributed by atoms with Crippen LogP contribution in [0.25, 0.3) is 6.08 Å². The SMILES string of the molecule is O=C(O)C=Cc1ccc(C2O[C@H](CO)[C@@H](O)[C@H](O)[C@H]2O)cc1. The Bertz CT molecular complexity index is 537. The van der Waals surface area contributed by atoms with Gasteiger partial charge >= 0.3 is 5.97 Å². The molecule has 0 aliphatic carbocycles. The van der Waals surface area contributed by atoms with Gasteiger partial charge in [0.2, 0.25) is 0 Å². The zero-order valence-corrected chi connectivity index (χ0v) is 11.6. The molecule has 1 aliphatic rings. The van der Waals surface area contributed by atoms with E-state index >= 15 is 0 Å². The number of rotatable bonds is 4. The molecule has 1 saturated heterocycles. The van der Waals surface area contributed by atoms with Gasteiger partial charge in [-0.05, 0) is 17.2 Å². The van der Waals surface area contributed by atoms with E-state index in [0.29, 0.717) is 11.1 Å². The lowest BCUT2D eigenvalue weighted by atomic mass is 9.91. The molecule has 1 aromatic rings. The maximum absolute atomic E-state index is 10.5. The Kier molecular flexibility index (Phi) is 5.28. The highest BCUT2D eigenvalue weighted by molar-refractivity contribution is 5.85. The standard InChI is InChI=1S/C15H18O7/c16-7-10-12(19)13(20)14(21)15(22-10)9-4-1-8(2-5-9)3-6-11(17)18/h1-6,10,12-16,19-21H,7H2,(H,17,18)/t10-,12-,13+,14-,15?/m1/s1. The van der Waals surface area contributed by atoms with E-state index in [9.17, 15) is 20.1 Å². The Labute approximate surface area is 126 Å². The second-order valence-electron chi connectivity index (χ2n) is 5.09. The summed E-state index contributed by atoms with van der Waals surface area (Å²) in [5.41, 5.74) is 1.19. The van der Waals surface area contributed by atoms with Crippen LogP contribution in [0.4, 0.5) is 0 Å². The van der Waals surface area contributed by atoms with Gasteiger partial charge in [0.15, 0.2) is 0 Å². The van der Waals surface area contributed by atoms with Crippen LogP contribution in [0.3, 0.4) is 0 Å². The predicted molar refractivity (Wildman–Crippen MR) is 75.8 cm³/mol. The molecule has 5 N–H and O–H groups in total. The van der Waals surface area contributed by atoms with Crippen molar-refractivity contribution in [2.24, 2.45) is 0 Å². The average molecular weight is 310 g/mol. The first-order valence-corrected chi connectivity index (χ1v) is 6.75. The summed E-state index contributed by atoms with van der Waals surface area (Å²) >= 11 is 0. The summed E-state index contributed by atoms with van der Waals surface area (Å²) in [5, 5.41) is 47.2. The molecule has 5 atom stereocenters.